The van der Waals surface area contributed by atoms with E-state index in [1.54, 1.807) is 7.11 Å². The maximum absolute atomic E-state index is 12.1. The number of carbonyl (C=O) groups is 1. The number of methoxy groups -OCH3 is 1. The highest BCUT2D eigenvalue weighted by atomic mass is 32.2. The Morgan fingerprint density at radius 3 is 2.72 bits per heavy atom. The molecule has 2 aromatic carbocycles. The van der Waals surface area contributed by atoms with E-state index in [2.05, 4.69) is 15.5 Å². The highest BCUT2D eigenvalue weighted by molar-refractivity contribution is 7.99. The van der Waals surface area contributed by atoms with Gasteiger partial charge in [-0.1, -0.05) is 23.9 Å². The first-order valence-corrected chi connectivity index (χ1v) is 10.4. The second-order valence-corrected chi connectivity index (χ2v) is 7.90. The predicted octanol–water partition coefficient (Wildman–Crippen LogP) is 3.32. The minimum absolute atomic E-state index is 0.0222. The highest BCUT2D eigenvalue weighted by Gasteiger charge is 2.24. The lowest BCUT2D eigenvalue weighted by atomic mass is 10.1. The minimum atomic E-state index is 0.0222. The molecule has 5 rings (SSSR count). The van der Waals surface area contributed by atoms with E-state index in [1.165, 1.54) is 11.8 Å². The van der Waals surface area contributed by atoms with Crippen molar-refractivity contribution < 1.29 is 9.53 Å². The van der Waals surface area contributed by atoms with Gasteiger partial charge in [0.1, 0.15) is 11.6 Å². The number of amides is 1. The average Bonchev–Trinajstić information content (AvgIpc) is 3.47. The standard InChI is InChI=1S/C21H19N5O2S/c1-28-15-10-6-13(7-11-15)19-23-17-5-3-2-4-16(17)20-24-25-21(26(19)20)29-12-18(27)22-14-8-9-14/h2-7,10-11,14H,8-9,12H2,1H3,(H,22,27). The van der Waals surface area contributed by atoms with Crippen LogP contribution in [0.3, 0.4) is 0 Å². The monoisotopic (exact) mass is 405 g/mol. The second kappa shape index (κ2) is 7.36. The molecular formula is C21H19N5O2S. The summed E-state index contributed by atoms with van der Waals surface area (Å²) < 4.78 is 7.20. The number of hydrogen-bond acceptors (Lipinski definition) is 6. The molecule has 8 heteroatoms. The molecule has 0 aliphatic heterocycles. The van der Waals surface area contributed by atoms with Crippen LogP contribution >= 0.6 is 11.8 Å². The largest absolute Gasteiger partial charge is 0.497 e. The first kappa shape index (κ1) is 17.9. The van der Waals surface area contributed by atoms with Crippen molar-refractivity contribution in [1.29, 1.82) is 0 Å². The van der Waals surface area contributed by atoms with Gasteiger partial charge in [0, 0.05) is 17.0 Å². The first-order valence-electron chi connectivity index (χ1n) is 9.43. The molecule has 0 atom stereocenters. The Labute approximate surface area is 171 Å². The van der Waals surface area contributed by atoms with Gasteiger partial charge in [-0.05, 0) is 49.2 Å². The lowest BCUT2D eigenvalue weighted by molar-refractivity contribution is -0.118. The van der Waals surface area contributed by atoms with Crippen molar-refractivity contribution in [3.05, 3.63) is 48.5 Å². The van der Waals surface area contributed by atoms with Crippen molar-refractivity contribution >= 4 is 34.2 Å². The van der Waals surface area contributed by atoms with Gasteiger partial charge in [0.25, 0.3) is 0 Å². The van der Waals surface area contributed by atoms with Gasteiger partial charge in [0.2, 0.25) is 5.91 Å². The van der Waals surface area contributed by atoms with E-state index in [-0.39, 0.29) is 5.91 Å². The summed E-state index contributed by atoms with van der Waals surface area (Å²) in [6.07, 6.45) is 2.14. The number of benzene rings is 2. The number of rotatable bonds is 6. The van der Waals surface area contributed by atoms with Gasteiger partial charge < -0.3 is 10.1 Å². The van der Waals surface area contributed by atoms with Crippen molar-refractivity contribution in [2.45, 2.75) is 24.0 Å². The SMILES string of the molecule is COc1ccc(-c2nc3ccccc3c3nnc(SCC(=O)NC4CC4)n23)cc1. The molecule has 1 N–H and O–H groups in total. The van der Waals surface area contributed by atoms with Gasteiger partial charge in [-0.25, -0.2) is 4.98 Å². The van der Waals surface area contributed by atoms with Crippen molar-refractivity contribution in [2.24, 2.45) is 0 Å². The Balaban J connectivity index is 1.60. The molecule has 0 unspecified atom stereocenters. The maximum Gasteiger partial charge on any atom is 0.230 e. The third-order valence-corrected chi connectivity index (χ3v) is 5.77. The van der Waals surface area contributed by atoms with E-state index < -0.39 is 0 Å². The zero-order valence-corrected chi connectivity index (χ0v) is 16.6. The third-order valence-electron chi connectivity index (χ3n) is 4.84. The predicted molar refractivity (Wildman–Crippen MR) is 112 cm³/mol. The summed E-state index contributed by atoms with van der Waals surface area (Å²) in [7, 11) is 1.64. The fourth-order valence-electron chi connectivity index (χ4n) is 3.21. The number of ether oxygens (including phenoxy) is 1. The summed E-state index contributed by atoms with van der Waals surface area (Å²) in [6.45, 7) is 0. The van der Waals surface area contributed by atoms with E-state index in [0.717, 1.165) is 46.5 Å². The van der Waals surface area contributed by atoms with E-state index >= 15 is 0 Å². The quantitative estimate of drug-likeness (QED) is 0.496. The van der Waals surface area contributed by atoms with Crippen LogP contribution < -0.4 is 10.1 Å². The van der Waals surface area contributed by atoms with E-state index in [0.29, 0.717) is 17.0 Å². The number of nitrogens with one attached hydrogen (secondary N) is 1. The number of hydrogen-bond donors (Lipinski definition) is 1. The Morgan fingerprint density at radius 2 is 1.97 bits per heavy atom. The molecule has 4 aromatic rings. The van der Waals surface area contributed by atoms with Gasteiger partial charge >= 0.3 is 0 Å². The number of para-hydroxylation sites is 1. The van der Waals surface area contributed by atoms with Crippen LogP contribution in [0.4, 0.5) is 0 Å². The summed E-state index contributed by atoms with van der Waals surface area (Å²) in [5.41, 5.74) is 2.50. The van der Waals surface area contributed by atoms with Gasteiger partial charge in [0.15, 0.2) is 10.8 Å². The molecule has 0 spiro atoms. The maximum atomic E-state index is 12.1. The number of aromatic nitrogens is 4. The molecule has 29 heavy (non-hydrogen) atoms. The zero-order valence-electron chi connectivity index (χ0n) is 15.8. The van der Waals surface area contributed by atoms with Crippen LogP contribution in [0, 0.1) is 0 Å². The number of fused-ring (bicyclic) bond motifs is 3. The molecule has 2 aromatic heterocycles. The van der Waals surface area contributed by atoms with Crippen LogP contribution in [0.1, 0.15) is 12.8 Å². The van der Waals surface area contributed by atoms with Gasteiger partial charge in [0.05, 0.1) is 18.4 Å². The molecule has 0 saturated heterocycles. The van der Waals surface area contributed by atoms with Gasteiger partial charge in [-0.15, -0.1) is 10.2 Å². The number of nitrogens with zero attached hydrogens (tertiary/aromatic N) is 4. The summed E-state index contributed by atoms with van der Waals surface area (Å²) >= 11 is 1.37. The first-order chi connectivity index (χ1) is 14.2. The molecule has 146 valence electrons. The van der Waals surface area contributed by atoms with Crippen LogP contribution in [0.25, 0.3) is 27.9 Å². The summed E-state index contributed by atoms with van der Waals surface area (Å²) in [4.78, 5) is 17.0. The van der Waals surface area contributed by atoms with Crippen LogP contribution in [0.15, 0.2) is 53.7 Å². The summed E-state index contributed by atoms with van der Waals surface area (Å²) in [5, 5.41) is 13.4. The molecule has 0 bridgehead atoms. The van der Waals surface area contributed by atoms with Crippen LogP contribution in [0.2, 0.25) is 0 Å². The van der Waals surface area contributed by atoms with Crippen molar-refractivity contribution in [2.75, 3.05) is 12.9 Å². The molecule has 7 nitrogen and oxygen atoms in total. The molecule has 2 heterocycles. The van der Waals surface area contributed by atoms with Gasteiger partial charge in [-0.2, -0.15) is 0 Å². The lowest BCUT2D eigenvalue weighted by Crippen LogP contribution is -2.27. The molecule has 1 aliphatic carbocycles. The molecule has 1 saturated carbocycles. The third kappa shape index (κ3) is 3.51. The fraction of sp³-hybridized carbons (Fsp3) is 0.238. The topological polar surface area (TPSA) is 81.4 Å². The zero-order chi connectivity index (χ0) is 19.8. The lowest BCUT2D eigenvalue weighted by Gasteiger charge is -2.10. The van der Waals surface area contributed by atoms with E-state index in [4.69, 9.17) is 9.72 Å². The van der Waals surface area contributed by atoms with Crippen LogP contribution in [0.5, 0.6) is 5.75 Å². The average molecular weight is 405 g/mol. The number of thioether (sulfide) groups is 1. The van der Waals surface area contributed by atoms with Crippen LogP contribution in [-0.4, -0.2) is 44.4 Å². The molecule has 1 amide bonds. The minimum Gasteiger partial charge on any atom is -0.497 e. The highest BCUT2D eigenvalue weighted by Crippen LogP contribution is 2.30. The Kier molecular flexibility index (Phi) is 4.55. The van der Waals surface area contributed by atoms with Crippen molar-refractivity contribution in [1.82, 2.24) is 24.9 Å². The molecule has 1 fully saturated rings. The molecule has 0 radical (unpaired) electrons. The molecule has 1 aliphatic rings. The Hall–Kier alpha value is -3.13. The second-order valence-electron chi connectivity index (χ2n) is 6.95. The van der Waals surface area contributed by atoms with Crippen molar-refractivity contribution in [3.63, 3.8) is 0 Å². The fourth-order valence-corrected chi connectivity index (χ4v) is 3.96. The number of carbonyl (C=O) groups excluding carboxylic acids is 1. The van der Waals surface area contributed by atoms with Crippen molar-refractivity contribution in [3.8, 4) is 17.1 Å². The van der Waals surface area contributed by atoms with Crippen LogP contribution in [-0.2, 0) is 4.79 Å². The smallest absolute Gasteiger partial charge is 0.230 e. The summed E-state index contributed by atoms with van der Waals surface area (Å²) in [5.74, 6) is 1.83. The Bertz CT molecular complexity index is 1200. The van der Waals surface area contributed by atoms with E-state index in [9.17, 15) is 4.79 Å². The Morgan fingerprint density at radius 1 is 1.17 bits per heavy atom. The van der Waals surface area contributed by atoms with Gasteiger partial charge in [-0.3, -0.25) is 9.20 Å². The molecular weight excluding hydrogens is 386 g/mol. The van der Waals surface area contributed by atoms with E-state index in [1.807, 2.05) is 52.9 Å². The summed E-state index contributed by atoms with van der Waals surface area (Å²) in [6, 6.07) is 15.9. The normalized spacial score (nSPS) is 13.7.